The first-order valence-electron chi connectivity index (χ1n) is 5.65. The van der Waals surface area contributed by atoms with Crippen LogP contribution in [0.5, 0.6) is 0 Å². The van der Waals surface area contributed by atoms with Gasteiger partial charge in [-0.3, -0.25) is 0 Å². The number of halogens is 4. The van der Waals surface area contributed by atoms with Crippen molar-refractivity contribution in [2.75, 3.05) is 0 Å². The third kappa shape index (κ3) is 4.39. The molecule has 0 fully saturated rings. The molecule has 2 rings (SSSR count). The second kappa shape index (κ2) is 7.03. The smallest absolute Gasteiger partial charge is 0.199 e. The van der Waals surface area contributed by atoms with Crippen LogP contribution < -0.4 is 0 Å². The number of rotatable bonds is 5. The van der Waals surface area contributed by atoms with Gasteiger partial charge in [0.25, 0.3) is 0 Å². The van der Waals surface area contributed by atoms with Crippen LogP contribution >= 0.6 is 63.7 Å². The van der Waals surface area contributed by atoms with Crippen molar-refractivity contribution in [1.29, 1.82) is 0 Å². The van der Waals surface area contributed by atoms with Crippen LogP contribution in [0.25, 0.3) is 0 Å². The van der Waals surface area contributed by atoms with E-state index in [-0.39, 0.29) is 0 Å². The van der Waals surface area contributed by atoms with E-state index in [0.717, 1.165) is 11.1 Å². The third-order valence-corrected chi connectivity index (χ3v) is 4.83. The Balaban J connectivity index is 2.08. The van der Waals surface area contributed by atoms with Gasteiger partial charge >= 0.3 is 0 Å². The maximum absolute atomic E-state index is 5.47. The molecule has 0 bridgehead atoms. The van der Waals surface area contributed by atoms with Crippen molar-refractivity contribution in [1.82, 2.24) is 0 Å². The van der Waals surface area contributed by atoms with Gasteiger partial charge in [-0.05, 0) is 63.7 Å². The Morgan fingerprint density at radius 2 is 0.850 bits per heavy atom. The van der Waals surface area contributed by atoms with Gasteiger partial charge in [0.1, 0.15) is 0 Å². The summed E-state index contributed by atoms with van der Waals surface area (Å²) in [6.45, 7) is 0. The first-order valence-corrected chi connectivity index (χ1v) is 8.82. The van der Waals surface area contributed by atoms with Crippen molar-refractivity contribution in [3.63, 3.8) is 0 Å². The highest BCUT2D eigenvalue weighted by atomic mass is 79.9. The lowest BCUT2D eigenvalue weighted by Gasteiger charge is -2.26. The lowest BCUT2D eigenvalue weighted by atomic mass is 10.2. The molecule has 0 heterocycles. The fraction of sp³-hybridized carbons (Fsp3) is 0.143. The van der Waals surface area contributed by atoms with Gasteiger partial charge in [-0.25, -0.2) is 0 Å². The van der Waals surface area contributed by atoms with Gasteiger partial charge in [-0.2, -0.15) is 9.78 Å². The van der Waals surface area contributed by atoms with Crippen LogP contribution in [-0.4, -0.2) is 0 Å². The Kier molecular flexibility index (Phi) is 5.85. The van der Waals surface area contributed by atoms with E-state index >= 15 is 0 Å². The highest BCUT2D eigenvalue weighted by Gasteiger charge is 2.34. The minimum Gasteiger partial charge on any atom is -0.199 e. The lowest BCUT2D eigenvalue weighted by Crippen LogP contribution is -2.21. The van der Waals surface area contributed by atoms with E-state index in [9.17, 15) is 0 Å². The third-order valence-electron chi connectivity index (χ3n) is 2.47. The fourth-order valence-corrected chi connectivity index (χ4v) is 2.79. The van der Waals surface area contributed by atoms with Crippen LogP contribution in [0.1, 0.15) is 11.1 Å². The number of hydrogen-bond acceptors (Lipinski definition) is 2. The highest BCUT2D eigenvalue weighted by Crippen LogP contribution is 2.45. The summed E-state index contributed by atoms with van der Waals surface area (Å²) in [5.74, 6) is 0. The summed E-state index contributed by atoms with van der Waals surface area (Å²) in [7, 11) is 0. The molecule has 2 nitrogen and oxygen atoms in total. The minimum absolute atomic E-state index is 0.879. The molecule has 2 aromatic carbocycles. The second-order valence-electron chi connectivity index (χ2n) is 3.93. The summed E-state index contributed by atoms with van der Waals surface area (Å²) in [6.07, 6.45) is 0. The molecule has 0 radical (unpaired) electrons. The quantitative estimate of drug-likeness (QED) is 0.263. The van der Waals surface area contributed by atoms with Crippen molar-refractivity contribution >= 4 is 63.7 Å². The van der Waals surface area contributed by atoms with Gasteiger partial charge in [0, 0.05) is 11.1 Å². The van der Waals surface area contributed by atoms with Crippen molar-refractivity contribution in [3.8, 4) is 0 Å². The zero-order valence-corrected chi connectivity index (χ0v) is 16.4. The fourth-order valence-electron chi connectivity index (χ4n) is 1.47. The molecule has 0 spiro atoms. The predicted octanol–water partition coefficient (Wildman–Crippen LogP) is 6.14. The van der Waals surface area contributed by atoms with Crippen molar-refractivity contribution < 1.29 is 9.78 Å². The Morgan fingerprint density at radius 3 is 1.15 bits per heavy atom. The molecule has 0 aliphatic carbocycles. The van der Waals surface area contributed by atoms with Crippen molar-refractivity contribution in [3.05, 3.63) is 71.8 Å². The standard InChI is InChI=1S/C14H10Br4O2/c15-13(16,11-7-3-1-4-8-11)19-20-14(17,18)12-9-5-2-6-10-12/h1-10H. The maximum atomic E-state index is 5.47. The van der Waals surface area contributed by atoms with E-state index in [1.165, 1.54) is 0 Å². The van der Waals surface area contributed by atoms with E-state index in [1.54, 1.807) is 0 Å². The first kappa shape index (κ1) is 16.6. The van der Waals surface area contributed by atoms with E-state index in [1.807, 2.05) is 60.7 Å². The van der Waals surface area contributed by atoms with Crippen molar-refractivity contribution in [2.45, 2.75) is 6.84 Å². The normalized spacial score (nSPS) is 12.4. The molecule has 0 aliphatic heterocycles. The van der Waals surface area contributed by atoms with Gasteiger partial charge in [-0.1, -0.05) is 60.7 Å². The molecule has 6 heteroatoms. The van der Waals surface area contributed by atoms with Crippen LogP contribution in [0.3, 0.4) is 0 Å². The Hall–Kier alpha value is 0.280. The Morgan fingerprint density at radius 1 is 0.550 bits per heavy atom. The first-order chi connectivity index (χ1) is 9.42. The summed E-state index contributed by atoms with van der Waals surface area (Å²) in [5.41, 5.74) is 1.76. The second-order valence-corrected chi connectivity index (χ2v) is 10.5. The van der Waals surface area contributed by atoms with Crippen LogP contribution in [0, 0.1) is 0 Å². The summed E-state index contributed by atoms with van der Waals surface area (Å²) < 4.78 is -1.86. The summed E-state index contributed by atoms with van der Waals surface area (Å²) in [6, 6.07) is 19.2. The summed E-state index contributed by atoms with van der Waals surface area (Å²) >= 11 is 13.8. The predicted molar refractivity (Wildman–Crippen MR) is 94.1 cm³/mol. The maximum Gasteiger partial charge on any atom is 0.237 e. The molecule has 0 aromatic heterocycles. The number of alkyl halides is 4. The van der Waals surface area contributed by atoms with E-state index in [0.29, 0.717) is 0 Å². The molecule has 2 aromatic rings. The Bertz CT molecular complexity index is 492. The average molecular weight is 530 g/mol. The van der Waals surface area contributed by atoms with E-state index in [4.69, 9.17) is 9.78 Å². The minimum atomic E-state index is -0.928. The molecule has 20 heavy (non-hydrogen) atoms. The van der Waals surface area contributed by atoms with Gasteiger partial charge in [0.15, 0.2) is 0 Å². The lowest BCUT2D eigenvalue weighted by molar-refractivity contribution is -0.331. The summed E-state index contributed by atoms with van der Waals surface area (Å²) in [5, 5.41) is 0. The number of benzene rings is 2. The van der Waals surface area contributed by atoms with Gasteiger partial charge < -0.3 is 0 Å². The molecular formula is C14H10Br4O2. The molecule has 0 unspecified atom stereocenters. The molecule has 0 atom stereocenters. The van der Waals surface area contributed by atoms with Crippen LogP contribution in [0.4, 0.5) is 0 Å². The number of hydrogen-bond donors (Lipinski definition) is 0. The SMILES string of the molecule is BrC(Br)(OOC(Br)(Br)c1ccccc1)c1ccccc1. The molecule has 106 valence electrons. The monoisotopic (exact) mass is 526 g/mol. The highest BCUT2D eigenvalue weighted by molar-refractivity contribution is 9.25. The van der Waals surface area contributed by atoms with Gasteiger partial charge in [0.2, 0.25) is 6.84 Å². The largest absolute Gasteiger partial charge is 0.237 e. The average Bonchev–Trinajstić information content (AvgIpc) is 2.47. The Labute approximate surface area is 151 Å². The van der Waals surface area contributed by atoms with Gasteiger partial charge in [-0.15, -0.1) is 0 Å². The summed E-state index contributed by atoms with van der Waals surface area (Å²) in [4.78, 5) is 10.9. The van der Waals surface area contributed by atoms with Crippen molar-refractivity contribution in [2.24, 2.45) is 0 Å². The molecular weight excluding hydrogens is 520 g/mol. The van der Waals surface area contributed by atoms with E-state index < -0.39 is 6.84 Å². The zero-order valence-electron chi connectivity index (χ0n) is 10.1. The van der Waals surface area contributed by atoms with Crippen LogP contribution in [0.15, 0.2) is 60.7 Å². The van der Waals surface area contributed by atoms with Crippen LogP contribution in [0.2, 0.25) is 0 Å². The molecule has 0 saturated carbocycles. The molecule has 0 N–H and O–H groups in total. The van der Waals surface area contributed by atoms with Gasteiger partial charge in [0.05, 0.1) is 0 Å². The molecule has 0 saturated heterocycles. The topological polar surface area (TPSA) is 18.5 Å². The molecule has 0 aliphatic rings. The zero-order chi connectivity index (χ0) is 14.6. The molecule has 0 amide bonds. The van der Waals surface area contributed by atoms with Crippen LogP contribution in [-0.2, 0) is 16.6 Å². The van der Waals surface area contributed by atoms with E-state index in [2.05, 4.69) is 63.7 Å².